The fourth-order valence-electron chi connectivity index (χ4n) is 5.55. The first-order valence-corrected chi connectivity index (χ1v) is 13.4. The third-order valence-electron chi connectivity index (χ3n) is 7.68. The normalized spacial score (nSPS) is 21.9. The molecule has 2 N–H and O–H groups in total. The topological polar surface area (TPSA) is 93.6 Å². The molecule has 0 saturated carbocycles. The predicted octanol–water partition coefficient (Wildman–Crippen LogP) is 3.03. The van der Waals surface area contributed by atoms with Crippen molar-refractivity contribution in [1.29, 1.82) is 0 Å². The van der Waals surface area contributed by atoms with E-state index >= 15 is 0 Å². The number of H-pyrrole nitrogens is 1. The number of aliphatic hydroxyl groups excluding tert-OH is 1. The van der Waals surface area contributed by atoms with E-state index in [1.54, 1.807) is 17.7 Å². The van der Waals surface area contributed by atoms with Crippen molar-refractivity contribution in [1.82, 2.24) is 34.9 Å². The van der Waals surface area contributed by atoms with Gasteiger partial charge in [0.25, 0.3) is 0 Å². The second kappa shape index (κ2) is 9.77. The number of hydrogen-bond acceptors (Lipinski definition) is 9. The number of morpholine rings is 1. The van der Waals surface area contributed by atoms with Crippen molar-refractivity contribution in [2.45, 2.75) is 31.7 Å². The lowest BCUT2D eigenvalue weighted by molar-refractivity contribution is -0.0901. The molecule has 36 heavy (non-hydrogen) atoms. The quantitative estimate of drug-likeness (QED) is 0.411. The van der Waals surface area contributed by atoms with Crippen molar-refractivity contribution >= 4 is 32.5 Å². The van der Waals surface area contributed by atoms with E-state index in [9.17, 15) is 5.11 Å². The van der Waals surface area contributed by atoms with E-state index in [1.807, 2.05) is 12.4 Å². The molecule has 2 unspecified atom stereocenters. The summed E-state index contributed by atoms with van der Waals surface area (Å²) in [6, 6.07) is 8.52. The van der Waals surface area contributed by atoms with Gasteiger partial charge >= 0.3 is 0 Å². The molecule has 0 spiro atoms. The Morgan fingerprint density at radius 2 is 2.03 bits per heavy atom. The van der Waals surface area contributed by atoms with Crippen molar-refractivity contribution in [3.8, 4) is 0 Å². The first-order valence-electron chi connectivity index (χ1n) is 12.6. The number of benzene rings is 1. The molecule has 4 aromatic rings. The van der Waals surface area contributed by atoms with Crippen LogP contribution in [0.15, 0.2) is 43.0 Å². The Bertz CT molecular complexity index is 1300. The van der Waals surface area contributed by atoms with Crippen molar-refractivity contribution in [3.05, 3.63) is 53.4 Å². The number of aliphatic hydroxyl groups is 1. The Labute approximate surface area is 214 Å². The molecule has 1 aromatic carbocycles. The molecule has 2 aliphatic heterocycles. The van der Waals surface area contributed by atoms with Crippen LogP contribution in [-0.2, 0) is 4.74 Å². The lowest BCUT2D eigenvalue weighted by atomic mass is 10.0. The van der Waals surface area contributed by atoms with Crippen molar-refractivity contribution < 1.29 is 9.84 Å². The molecule has 2 atom stereocenters. The lowest BCUT2D eigenvalue weighted by Gasteiger charge is -2.48. The average molecular weight is 508 g/mol. The number of piperazine rings is 1. The van der Waals surface area contributed by atoms with Crippen molar-refractivity contribution in [2.24, 2.45) is 0 Å². The molecule has 3 aromatic heterocycles. The maximum Gasteiger partial charge on any atom is 0.116 e. The molecule has 10 heteroatoms. The van der Waals surface area contributed by atoms with Gasteiger partial charge in [0.15, 0.2) is 0 Å². The number of aromatic amines is 1. The van der Waals surface area contributed by atoms with Gasteiger partial charge in [-0.2, -0.15) is 5.10 Å². The third-order valence-corrected chi connectivity index (χ3v) is 8.78. The third kappa shape index (κ3) is 4.42. The number of aromatic nitrogens is 4. The number of thiophene rings is 1. The molecular weight excluding hydrogens is 474 g/mol. The lowest BCUT2D eigenvalue weighted by Crippen LogP contribution is -2.58. The minimum Gasteiger partial charge on any atom is -0.394 e. The summed E-state index contributed by atoms with van der Waals surface area (Å²) in [4.78, 5) is 17.6. The second-order valence-electron chi connectivity index (χ2n) is 10.3. The second-order valence-corrected chi connectivity index (χ2v) is 11.4. The summed E-state index contributed by atoms with van der Waals surface area (Å²) in [7, 11) is 0. The van der Waals surface area contributed by atoms with Crippen LogP contribution in [0.1, 0.15) is 36.6 Å². The molecule has 6 rings (SSSR count). The summed E-state index contributed by atoms with van der Waals surface area (Å²) in [5.41, 5.74) is 3.02. The fourth-order valence-corrected chi connectivity index (χ4v) is 6.70. The van der Waals surface area contributed by atoms with E-state index in [2.05, 4.69) is 73.0 Å². The number of rotatable bonds is 6. The van der Waals surface area contributed by atoms with Gasteiger partial charge in [-0.1, -0.05) is 12.1 Å². The zero-order valence-corrected chi connectivity index (χ0v) is 21.6. The molecule has 0 aliphatic carbocycles. The van der Waals surface area contributed by atoms with Gasteiger partial charge < -0.3 is 9.84 Å². The summed E-state index contributed by atoms with van der Waals surface area (Å²) in [5.74, 6) is 0. The Balaban J connectivity index is 1.31. The van der Waals surface area contributed by atoms with Crippen LogP contribution >= 0.6 is 11.3 Å². The number of nitrogens with one attached hydrogen (secondary N) is 1. The number of fused-ring (bicyclic) bond motifs is 2. The van der Waals surface area contributed by atoms with Gasteiger partial charge in [0, 0.05) is 61.3 Å². The predicted molar refractivity (Wildman–Crippen MR) is 141 cm³/mol. The van der Waals surface area contributed by atoms with E-state index in [-0.39, 0.29) is 24.4 Å². The maximum atomic E-state index is 9.89. The summed E-state index contributed by atoms with van der Waals surface area (Å²) in [5, 5.41) is 18.3. The largest absolute Gasteiger partial charge is 0.394 e. The molecule has 0 bridgehead atoms. The SMILES string of the molecule is CC(C)(CO)N1CCN(C(c2cc3ncncc3s2)N2CCOC(c3cccc4[nH]ncc34)C2)CC1. The summed E-state index contributed by atoms with van der Waals surface area (Å²) >= 11 is 1.79. The fraction of sp³-hybridized carbons (Fsp3) is 0.500. The van der Waals surface area contributed by atoms with E-state index in [0.29, 0.717) is 6.61 Å². The zero-order chi connectivity index (χ0) is 24.7. The first-order chi connectivity index (χ1) is 17.5. The Morgan fingerprint density at radius 3 is 2.83 bits per heavy atom. The van der Waals surface area contributed by atoms with E-state index in [4.69, 9.17) is 4.74 Å². The highest BCUT2D eigenvalue weighted by Crippen LogP contribution is 2.38. The van der Waals surface area contributed by atoms with Crippen molar-refractivity contribution in [3.63, 3.8) is 0 Å². The van der Waals surface area contributed by atoms with Crippen LogP contribution in [0.3, 0.4) is 0 Å². The molecule has 2 saturated heterocycles. The van der Waals surface area contributed by atoms with E-state index < -0.39 is 0 Å². The highest BCUT2D eigenvalue weighted by molar-refractivity contribution is 7.19. The highest BCUT2D eigenvalue weighted by atomic mass is 32.1. The Kier molecular flexibility index (Phi) is 6.49. The van der Waals surface area contributed by atoms with Crippen LogP contribution < -0.4 is 0 Å². The average Bonchev–Trinajstić information content (AvgIpc) is 3.56. The van der Waals surface area contributed by atoms with Crippen LogP contribution in [0.2, 0.25) is 0 Å². The van der Waals surface area contributed by atoms with Crippen LogP contribution in [0, 0.1) is 0 Å². The number of hydrogen-bond donors (Lipinski definition) is 2. The van der Waals surface area contributed by atoms with Crippen LogP contribution in [-0.4, -0.2) is 98.0 Å². The van der Waals surface area contributed by atoms with Gasteiger partial charge in [-0.3, -0.25) is 19.8 Å². The smallest absolute Gasteiger partial charge is 0.116 e. The Hall–Kier alpha value is -2.47. The first kappa shape index (κ1) is 23.9. The molecule has 9 nitrogen and oxygen atoms in total. The molecule has 0 radical (unpaired) electrons. The van der Waals surface area contributed by atoms with Gasteiger partial charge in [0.1, 0.15) is 6.33 Å². The van der Waals surface area contributed by atoms with Crippen LogP contribution in [0.4, 0.5) is 0 Å². The van der Waals surface area contributed by atoms with E-state index in [1.165, 1.54) is 10.4 Å². The summed E-state index contributed by atoms with van der Waals surface area (Å²) < 4.78 is 7.44. The Morgan fingerprint density at radius 1 is 1.17 bits per heavy atom. The number of nitrogens with zero attached hydrogens (tertiary/aromatic N) is 6. The van der Waals surface area contributed by atoms with Crippen LogP contribution in [0.5, 0.6) is 0 Å². The number of ether oxygens (including phenoxy) is 1. The molecule has 2 fully saturated rings. The van der Waals surface area contributed by atoms with Gasteiger partial charge in [0.2, 0.25) is 0 Å². The summed E-state index contributed by atoms with van der Waals surface area (Å²) in [6.07, 6.45) is 5.55. The van der Waals surface area contributed by atoms with Crippen LogP contribution in [0.25, 0.3) is 21.1 Å². The van der Waals surface area contributed by atoms with Gasteiger partial charge in [-0.15, -0.1) is 11.3 Å². The van der Waals surface area contributed by atoms with E-state index in [0.717, 1.165) is 60.4 Å². The monoisotopic (exact) mass is 507 g/mol. The standard InChI is InChI=1S/C26H33N7O2S/c1-26(2,16-34)33-8-6-31(7-9-33)25(23-12-21-24(36-23)14-27-17-28-21)32-10-11-35-22(15-32)18-4-3-5-20-19(18)13-29-30-20/h3-5,12-14,17,22,25,34H,6-11,15-16H2,1-2H3,(H,29,30). The highest BCUT2D eigenvalue weighted by Gasteiger charge is 2.37. The molecule has 190 valence electrons. The molecule has 2 aliphatic rings. The van der Waals surface area contributed by atoms with Gasteiger partial charge in [0.05, 0.1) is 47.4 Å². The molecule has 5 heterocycles. The minimum atomic E-state index is -0.206. The molecular formula is C26H33N7O2S. The zero-order valence-electron chi connectivity index (χ0n) is 20.8. The van der Waals surface area contributed by atoms with Crippen molar-refractivity contribution in [2.75, 3.05) is 52.5 Å². The maximum absolute atomic E-state index is 9.89. The summed E-state index contributed by atoms with van der Waals surface area (Å²) in [6.45, 7) is 10.5. The molecule has 0 amide bonds. The van der Waals surface area contributed by atoms with Gasteiger partial charge in [-0.25, -0.2) is 9.97 Å². The van der Waals surface area contributed by atoms with Gasteiger partial charge in [-0.05, 0) is 31.5 Å². The minimum absolute atomic E-state index is 0.0219.